The number of thiazole rings is 1. The Balaban J connectivity index is 1.47. The van der Waals surface area contributed by atoms with Crippen LogP contribution in [0.5, 0.6) is 0 Å². The molecule has 8 heteroatoms. The SMILES string of the molecule is Cc1[nH]c2ccccc2c1-c1csc(NC(=O)C2(S(=O)(=O)c3ccccc3)CCCC2)n1. The Morgan fingerprint density at radius 1 is 1.06 bits per heavy atom. The topological polar surface area (TPSA) is 91.9 Å². The molecular formula is C24H23N3O3S2. The molecular weight excluding hydrogens is 442 g/mol. The molecule has 1 amide bonds. The average Bonchev–Trinajstić information content (AvgIpc) is 3.52. The van der Waals surface area contributed by atoms with Crippen LogP contribution >= 0.6 is 11.3 Å². The highest BCUT2D eigenvalue weighted by atomic mass is 32.2. The molecule has 0 bridgehead atoms. The van der Waals surface area contributed by atoms with Gasteiger partial charge in [-0.2, -0.15) is 0 Å². The van der Waals surface area contributed by atoms with Crippen LogP contribution in [-0.4, -0.2) is 29.0 Å². The zero-order chi connectivity index (χ0) is 22.3. The number of aryl methyl sites for hydroxylation is 1. The van der Waals surface area contributed by atoms with E-state index in [1.807, 2.05) is 36.6 Å². The van der Waals surface area contributed by atoms with Gasteiger partial charge < -0.3 is 10.3 Å². The second kappa shape index (κ2) is 7.86. The van der Waals surface area contributed by atoms with E-state index in [1.54, 1.807) is 30.3 Å². The number of H-pyrrole nitrogens is 1. The number of nitrogens with zero attached hydrogens (tertiary/aromatic N) is 1. The normalized spacial score (nSPS) is 15.8. The largest absolute Gasteiger partial charge is 0.358 e. The highest BCUT2D eigenvalue weighted by molar-refractivity contribution is 7.93. The van der Waals surface area contributed by atoms with Crippen molar-refractivity contribution in [3.05, 3.63) is 65.7 Å². The Morgan fingerprint density at radius 3 is 2.50 bits per heavy atom. The number of anilines is 1. The number of amides is 1. The molecule has 1 saturated carbocycles. The third-order valence-corrected chi connectivity index (χ3v) is 9.54. The second-order valence-electron chi connectivity index (χ2n) is 8.18. The lowest BCUT2D eigenvalue weighted by atomic mass is 10.1. The first kappa shape index (κ1) is 20.9. The minimum absolute atomic E-state index is 0.186. The highest BCUT2D eigenvalue weighted by Gasteiger charge is 2.53. The molecule has 6 nitrogen and oxygen atoms in total. The number of hydrogen-bond acceptors (Lipinski definition) is 5. The van der Waals surface area contributed by atoms with Gasteiger partial charge in [0.25, 0.3) is 0 Å². The van der Waals surface area contributed by atoms with E-state index in [-0.39, 0.29) is 4.90 Å². The summed E-state index contributed by atoms with van der Waals surface area (Å²) in [5, 5.41) is 6.19. The van der Waals surface area contributed by atoms with E-state index in [4.69, 9.17) is 0 Å². The number of fused-ring (bicyclic) bond motifs is 1. The van der Waals surface area contributed by atoms with E-state index < -0.39 is 20.5 Å². The van der Waals surface area contributed by atoms with Crippen molar-refractivity contribution in [1.82, 2.24) is 9.97 Å². The number of sulfone groups is 1. The fourth-order valence-corrected chi connectivity index (χ4v) is 7.44. The van der Waals surface area contributed by atoms with Crippen LogP contribution in [0.2, 0.25) is 0 Å². The van der Waals surface area contributed by atoms with Crippen LogP contribution in [0.3, 0.4) is 0 Å². The lowest BCUT2D eigenvalue weighted by Gasteiger charge is -2.27. The van der Waals surface area contributed by atoms with Gasteiger partial charge in [0.2, 0.25) is 5.91 Å². The van der Waals surface area contributed by atoms with Gasteiger partial charge in [-0.15, -0.1) is 11.3 Å². The standard InChI is InChI=1S/C24H23N3O3S2/c1-16-21(18-11-5-6-12-19(18)25-16)20-15-31-23(26-20)27-22(28)24(13-7-8-14-24)32(29,30)17-9-3-2-4-10-17/h2-6,9-12,15,25H,7-8,13-14H2,1H3,(H,26,27,28). The van der Waals surface area contributed by atoms with Crippen LogP contribution in [0.1, 0.15) is 31.4 Å². The Morgan fingerprint density at radius 2 is 1.75 bits per heavy atom. The molecule has 5 rings (SSSR count). The quantitative estimate of drug-likeness (QED) is 0.417. The van der Waals surface area contributed by atoms with Crippen molar-refractivity contribution in [2.75, 3.05) is 5.32 Å². The van der Waals surface area contributed by atoms with Crippen molar-refractivity contribution >= 4 is 43.1 Å². The number of para-hydroxylation sites is 1. The van der Waals surface area contributed by atoms with E-state index in [0.717, 1.165) is 27.9 Å². The predicted octanol–water partition coefficient (Wildman–Crippen LogP) is 5.33. The maximum atomic E-state index is 13.5. The summed E-state index contributed by atoms with van der Waals surface area (Å²) in [7, 11) is -3.83. The third-order valence-electron chi connectivity index (χ3n) is 6.27. The molecule has 2 aromatic carbocycles. The highest BCUT2D eigenvalue weighted by Crippen LogP contribution is 2.42. The first-order valence-electron chi connectivity index (χ1n) is 10.6. The molecule has 0 radical (unpaired) electrons. The summed E-state index contributed by atoms with van der Waals surface area (Å²) in [5.41, 5.74) is 3.77. The summed E-state index contributed by atoms with van der Waals surface area (Å²) in [6, 6.07) is 16.3. The van der Waals surface area contributed by atoms with Gasteiger partial charge in [-0.25, -0.2) is 13.4 Å². The Kier molecular flexibility index (Phi) is 5.14. The van der Waals surface area contributed by atoms with Crippen LogP contribution in [0, 0.1) is 6.92 Å². The molecule has 0 saturated heterocycles. The summed E-state index contributed by atoms with van der Waals surface area (Å²) < 4.78 is 25.5. The molecule has 32 heavy (non-hydrogen) atoms. The van der Waals surface area contributed by atoms with E-state index >= 15 is 0 Å². The maximum absolute atomic E-state index is 13.5. The van der Waals surface area contributed by atoms with Crippen molar-refractivity contribution in [3.63, 3.8) is 0 Å². The summed E-state index contributed by atoms with van der Waals surface area (Å²) in [5.74, 6) is -0.490. The fourth-order valence-electron chi connectivity index (χ4n) is 4.65. The molecule has 2 heterocycles. The Hall–Kier alpha value is -2.97. The van der Waals surface area contributed by atoms with Crippen LogP contribution in [0.15, 0.2) is 64.9 Å². The zero-order valence-electron chi connectivity index (χ0n) is 17.6. The summed E-state index contributed by atoms with van der Waals surface area (Å²) in [6.07, 6.45) is 2.04. The van der Waals surface area contributed by atoms with E-state index in [1.165, 1.54) is 11.3 Å². The Labute approximate surface area is 190 Å². The number of aromatic nitrogens is 2. The minimum atomic E-state index is -3.83. The molecule has 2 N–H and O–H groups in total. The third kappa shape index (κ3) is 3.25. The van der Waals surface area contributed by atoms with Crippen LogP contribution in [0.4, 0.5) is 5.13 Å². The number of aromatic amines is 1. The smallest absolute Gasteiger partial charge is 0.248 e. The predicted molar refractivity (Wildman–Crippen MR) is 128 cm³/mol. The number of carbonyl (C=O) groups excluding carboxylic acids is 1. The number of nitrogens with one attached hydrogen (secondary N) is 2. The van der Waals surface area contributed by atoms with Crippen LogP contribution < -0.4 is 5.32 Å². The molecule has 0 atom stereocenters. The molecule has 1 fully saturated rings. The number of hydrogen-bond donors (Lipinski definition) is 2. The van der Waals surface area contributed by atoms with Gasteiger partial charge in [-0.3, -0.25) is 4.79 Å². The van der Waals surface area contributed by atoms with Gasteiger partial charge in [-0.05, 0) is 38.0 Å². The van der Waals surface area contributed by atoms with Gasteiger partial charge in [0, 0.05) is 27.5 Å². The summed E-state index contributed by atoms with van der Waals surface area (Å²) in [4.78, 5) is 21.6. The molecule has 1 aliphatic rings. The zero-order valence-corrected chi connectivity index (χ0v) is 19.2. The minimum Gasteiger partial charge on any atom is -0.358 e. The fraction of sp³-hybridized carbons (Fsp3) is 0.250. The first-order valence-corrected chi connectivity index (χ1v) is 12.9. The van der Waals surface area contributed by atoms with Crippen molar-refractivity contribution in [3.8, 4) is 11.3 Å². The lowest BCUT2D eigenvalue weighted by Crippen LogP contribution is -2.47. The van der Waals surface area contributed by atoms with Crippen molar-refractivity contribution < 1.29 is 13.2 Å². The Bertz CT molecular complexity index is 1400. The second-order valence-corrected chi connectivity index (χ2v) is 11.3. The summed E-state index contributed by atoms with van der Waals surface area (Å²) in [6.45, 7) is 1.99. The van der Waals surface area contributed by atoms with E-state index in [9.17, 15) is 13.2 Å². The lowest BCUT2D eigenvalue weighted by molar-refractivity contribution is -0.118. The first-order chi connectivity index (χ1) is 15.4. The van der Waals surface area contributed by atoms with Crippen LogP contribution in [-0.2, 0) is 14.6 Å². The number of carbonyl (C=O) groups is 1. The molecule has 0 spiro atoms. The van der Waals surface area contributed by atoms with Gasteiger partial charge in [0.15, 0.2) is 19.7 Å². The van der Waals surface area contributed by atoms with Gasteiger partial charge in [0.05, 0.1) is 10.6 Å². The van der Waals surface area contributed by atoms with E-state index in [0.29, 0.717) is 30.8 Å². The average molecular weight is 466 g/mol. The molecule has 2 aromatic heterocycles. The number of rotatable bonds is 5. The monoisotopic (exact) mass is 465 g/mol. The molecule has 164 valence electrons. The van der Waals surface area contributed by atoms with Gasteiger partial charge >= 0.3 is 0 Å². The molecule has 4 aromatic rings. The maximum Gasteiger partial charge on any atom is 0.248 e. The number of benzene rings is 2. The van der Waals surface area contributed by atoms with Crippen molar-refractivity contribution in [2.24, 2.45) is 0 Å². The molecule has 0 unspecified atom stereocenters. The van der Waals surface area contributed by atoms with Crippen molar-refractivity contribution in [1.29, 1.82) is 0 Å². The molecule has 1 aliphatic carbocycles. The van der Waals surface area contributed by atoms with E-state index in [2.05, 4.69) is 15.3 Å². The van der Waals surface area contributed by atoms with Gasteiger partial charge in [-0.1, -0.05) is 49.2 Å². The van der Waals surface area contributed by atoms with Crippen LogP contribution in [0.25, 0.3) is 22.2 Å². The van der Waals surface area contributed by atoms with Gasteiger partial charge in [0.1, 0.15) is 0 Å². The summed E-state index contributed by atoms with van der Waals surface area (Å²) >= 11 is 1.31. The molecule has 0 aliphatic heterocycles. The van der Waals surface area contributed by atoms with Crippen molar-refractivity contribution in [2.45, 2.75) is 42.2 Å².